The molecule has 0 bridgehead atoms. The molecule has 0 aliphatic carbocycles. The van der Waals surface area contributed by atoms with Crippen molar-refractivity contribution in [1.29, 1.82) is 0 Å². The summed E-state index contributed by atoms with van der Waals surface area (Å²) in [7, 11) is 0. The third-order valence-electron chi connectivity index (χ3n) is 4.74. The lowest BCUT2D eigenvalue weighted by Crippen LogP contribution is -2.29. The molecule has 0 atom stereocenters. The van der Waals surface area contributed by atoms with Crippen LogP contribution in [0.3, 0.4) is 0 Å². The first-order valence-electron chi connectivity index (χ1n) is 8.79. The van der Waals surface area contributed by atoms with Crippen molar-refractivity contribution in [2.75, 3.05) is 0 Å². The Morgan fingerprint density at radius 2 is 1.52 bits per heavy atom. The molecule has 0 fully saturated rings. The Balaban J connectivity index is 1.64. The molecule has 1 aliphatic heterocycles. The number of carbonyl (C=O) groups excluding carboxylic acids is 3. The first kappa shape index (κ1) is 18.2. The maximum absolute atomic E-state index is 12.8. The van der Waals surface area contributed by atoms with Crippen LogP contribution < -0.4 is 0 Å². The van der Waals surface area contributed by atoms with Crippen molar-refractivity contribution in [3.05, 3.63) is 111 Å². The summed E-state index contributed by atoms with van der Waals surface area (Å²) in [5.41, 5.74) is 1.33. The van der Waals surface area contributed by atoms with Crippen LogP contribution in [-0.2, 0) is 6.54 Å². The number of amides is 2. The highest BCUT2D eigenvalue weighted by Gasteiger charge is 2.36. The number of ketones is 1. The number of nitrogens with zero attached hydrogens (tertiary/aromatic N) is 2. The first-order chi connectivity index (χ1) is 14.0. The molecule has 1 heterocycles. The highest BCUT2D eigenvalue weighted by molar-refractivity contribution is 6.22. The Kier molecular flexibility index (Phi) is 4.48. The van der Waals surface area contributed by atoms with Gasteiger partial charge in [0.2, 0.25) is 0 Å². The van der Waals surface area contributed by atoms with E-state index in [1.165, 1.54) is 42.5 Å². The van der Waals surface area contributed by atoms with Crippen LogP contribution in [0.15, 0.2) is 72.8 Å². The third-order valence-corrected chi connectivity index (χ3v) is 4.74. The summed E-state index contributed by atoms with van der Waals surface area (Å²) >= 11 is 0. The standard InChI is InChI=1S/C22H14N2O5/c25-20(15-7-4-8-17(11-15)24(28)29)16-9-10-18-19(12-16)22(27)23(21(18)26)13-14-5-2-1-3-6-14/h1-12H,13H2. The SMILES string of the molecule is O=C(c1cccc([N+](=O)[O-])c1)c1ccc2c(c1)C(=O)N(Cc1ccccc1)C2=O. The van der Waals surface area contributed by atoms with Crippen LogP contribution in [0.25, 0.3) is 0 Å². The molecule has 3 aromatic carbocycles. The highest BCUT2D eigenvalue weighted by atomic mass is 16.6. The molecule has 0 unspecified atom stereocenters. The molecule has 0 N–H and O–H groups in total. The largest absolute Gasteiger partial charge is 0.289 e. The number of rotatable bonds is 5. The quantitative estimate of drug-likeness (QED) is 0.289. The van der Waals surface area contributed by atoms with Gasteiger partial charge in [0.05, 0.1) is 22.6 Å². The maximum Gasteiger partial charge on any atom is 0.270 e. The fraction of sp³-hybridized carbons (Fsp3) is 0.0455. The van der Waals surface area contributed by atoms with Gasteiger partial charge < -0.3 is 0 Å². The minimum atomic E-state index is -0.580. The summed E-state index contributed by atoms with van der Waals surface area (Å²) in [6, 6.07) is 18.8. The van der Waals surface area contributed by atoms with Gasteiger partial charge >= 0.3 is 0 Å². The number of hydrogen-bond donors (Lipinski definition) is 0. The maximum atomic E-state index is 12.8. The molecule has 7 heteroatoms. The van der Waals surface area contributed by atoms with Gasteiger partial charge in [0.1, 0.15) is 0 Å². The van der Waals surface area contributed by atoms with E-state index in [1.807, 2.05) is 30.3 Å². The van der Waals surface area contributed by atoms with Gasteiger partial charge in [-0.15, -0.1) is 0 Å². The van der Waals surface area contributed by atoms with Crippen molar-refractivity contribution < 1.29 is 19.3 Å². The smallest absolute Gasteiger partial charge is 0.270 e. The lowest BCUT2D eigenvalue weighted by molar-refractivity contribution is -0.384. The van der Waals surface area contributed by atoms with Crippen molar-refractivity contribution in [3.8, 4) is 0 Å². The monoisotopic (exact) mass is 386 g/mol. The molecule has 0 aromatic heterocycles. The van der Waals surface area contributed by atoms with Crippen LogP contribution in [-0.4, -0.2) is 27.4 Å². The summed E-state index contributed by atoms with van der Waals surface area (Å²) < 4.78 is 0. The van der Waals surface area contributed by atoms with E-state index in [0.717, 1.165) is 10.5 Å². The Bertz CT molecular complexity index is 1170. The van der Waals surface area contributed by atoms with Crippen LogP contribution >= 0.6 is 0 Å². The van der Waals surface area contributed by atoms with Crippen molar-refractivity contribution in [2.45, 2.75) is 6.54 Å². The van der Waals surface area contributed by atoms with Crippen molar-refractivity contribution in [2.24, 2.45) is 0 Å². The number of fused-ring (bicyclic) bond motifs is 1. The van der Waals surface area contributed by atoms with E-state index in [-0.39, 0.29) is 34.5 Å². The second kappa shape index (κ2) is 7.12. The summed E-state index contributed by atoms with van der Waals surface area (Å²) in [5.74, 6) is -1.34. The molecule has 0 radical (unpaired) electrons. The number of nitro benzene ring substituents is 1. The number of non-ortho nitro benzene ring substituents is 1. The summed E-state index contributed by atoms with van der Waals surface area (Å²) in [6.07, 6.45) is 0. The molecule has 2 amide bonds. The molecule has 29 heavy (non-hydrogen) atoms. The van der Waals surface area contributed by atoms with Gasteiger partial charge in [-0.3, -0.25) is 29.4 Å². The van der Waals surface area contributed by atoms with Gasteiger partial charge in [-0.1, -0.05) is 48.5 Å². The Morgan fingerprint density at radius 1 is 0.828 bits per heavy atom. The zero-order valence-corrected chi connectivity index (χ0v) is 15.1. The third kappa shape index (κ3) is 3.29. The van der Waals surface area contributed by atoms with Crippen LogP contribution in [0.1, 0.15) is 42.2 Å². The molecule has 142 valence electrons. The predicted octanol–water partition coefficient (Wildman–Crippen LogP) is 3.62. The summed E-state index contributed by atoms with van der Waals surface area (Å²) in [5, 5.41) is 10.9. The lowest BCUT2D eigenvalue weighted by Gasteiger charge is -2.13. The van der Waals surface area contributed by atoms with Gasteiger partial charge in [-0.2, -0.15) is 0 Å². The molecule has 0 spiro atoms. The van der Waals surface area contributed by atoms with Crippen molar-refractivity contribution >= 4 is 23.3 Å². The summed E-state index contributed by atoms with van der Waals surface area (Å²) in [4.78, 5) is 49.6. The van der Waals surface area contributed by atoms with Gasteiger partial charge in [0, 0.05) is 23.3 Å². The van der Waals surface area contributed by atoms with Crippen LogP contribution in [0.2, 0.25) is 0 Å². The number of carbonyl (C=O) groups is 3. The van der Waals surface area contributed by atoms with E-state index in [1.54, 1.807) is 0 Å². The van der Waals surface area contributed by atoms with E-state index in [4.69, 9.17) is 0 Å². The van der Waals surface area contributed by atoms with E-state index < -0.39 is 22.5 Å². The zero-order valence-electron chi connectivity index (χ0n) is 15.1. The molecular formula is C22H14N2O5. The first-order valence-corrected chi connectivity index (χ1v) is 8.79. The average Bonchev–Trinajstić information content (AvgIpc) is 2.98. The van der Waals surface area contributed by atoms with Gasteiger partial charge in [0.25, 0.3) is 17.5 Å². The minimum absolute atomic E-state index is 0.136. The lowest BCUT2D eigenvalue weighted by atomic mass is 9.99. The van der Waals surface area contributed by atoms with Crippen LogP contribution in [0.5, 0.6) is 0 Å². The minimum Gasteiger partial charge on any atom is -0.289 e. The fourth-order valence-electron chi connectivity index (χ4n) is 3.27. The normalized spacial score (nSPS) is 12.8. The van der Waals surface area contributed by atoms with Crippen LogP contribution in [0.4, 0.5) is 5.69 Å². The predicted molar refractivity (Wildman–Crippen MR) is 104 cm³/mol. The molecule has 0 saturated carbocycles. The van der Waals surface area contributed by atoms with E-state index in [9.17, 15) is 24.5 Å². The number of nitro groups is 1. The molecule has 7 nitrogen and oxygen atoms in total. The van der Waals surface area contributed by atoms with Crippen molar-refractivity contribution in [3.63, 3.8) is 0 Å². The summed E-state index contributed by atoms with van der Waals surface area (Å²) in [6.45, 7) is 0.140. The molecule has 4 rings (SSSR count). The van der Waals surface area contributed by atoms with E-state index in [2.05, 4.69) is 0 Å². The van der Waals surface area contributed by atoms with Gasteiger partial charge in [0.15, 0.2) is 5.78 Å². The molecule has 3 aromatic rings. The second-order valence-electron chi connectivity index (χ2n) is 6.58. The molecule has 0 saturated heterocycles. The fourth-order valence-corrected chi connectivity index (χ4v) is 3.27. The number of hydrogen-bond acceptors (Lipinski definition) is 5. The molecular weight excluding hydrogens is 372 g/mol. The zero-order chi connectivity index (χ0) is 20.5. The average molecular weight is 386 g/mol. The highest BCUT2D eigenvalue weighted by Crippen LogP contribution is 2.27. The van der Waals surface area contributed by atoms with E-state index >= 15 is 0 Å². The topological polar surface area (TPSA) is 97.6 Å². The molecule has 1 aliphatic rings. The van der Waals surface area contributed by atoms with E-state index in [0.29, 0.717) is 0 Å². The Labute approximate surface area is 165 Å². The van der Waals surface area contributed by atoms with Crippen LogP contribution in [0, 0.1) is 10.1 Å². The number of imide groups is 1. The van der Waals surface area contributed by atoms with Gasteiger partial charge in [-0.05, 0) is 17.7 Å². The van der Waals surface area contributed by atoms with Crippen molar-refractivity contribution in [1.82, 2.24) is 4.90 Å². The van der Waals surface area contributed by atoms with Gasteiger partial charge in [-0.25, -0.2) is 0 Å². The second-order valence-corrected chi connectivity index (χ2v) is 6.58. The number of benzene rings is 3. The Morgan fingerprint density at radius 3 is 2.24 bits per heavy atom. The Hall–Kier alpha value is -4.13.